The van der Waals surface area contributed by atoms with E-state index in [1.165, 1.54) is 6.07 Å². The first-order valence-electron chi connectivity index (χ1n) is 8.19. The number of nitrogens with one attached hydrogen (secondary N) is 2. The zero-order valence-electron chi connectivity index (χ0n) is 14.0. The van der Waals surface area contributed by atoms with Gasteiger partial charge in [0.05, 0.1) is 27.0 Å². The van der Waals surface area contributed by atoms with E-state index in [4.69, 9.17) is 23.2 Å². The first-order valence-corrected chi connectivity index (χ1v) is 8.95. The van der Waals surface area contributed by atoms with Crippen LogP contribution in [0.4, 0.5) is 11.4 Å². The Kier molecular flexibility index (Phi) is 4.52. The summed E-state index contributed by atoms with van der Waals surface area (Å²) in [5.74, 6) is -1.03. The summed E-state index contributed by atoms with van der Waals surface area (Å²) in [5.41, 5.74) is 3.96. The minimum absolute atomic E-state index is 0.144. The van der Waals surface area contributed by atoms with Crippen LogP contribution in [0.5, 0.6) is 0 Å². The molecule has 1 heterocycles. The summed E-state index contributed by atoms with van der Waals surface area (Å²) < 4.78 is 0. The van der Waals surface area contributed by atoms with E-state index in [0.717, 1.165) is 22.0 Å². The largest absolute Gasteiger partial charge is 0.478 e. The average molecular weight is 397 g/mol. The molecule has 0 saturated carbocycles. The number of H-pyrrole nitrogens is 1. The Labute approximate surface area is 165 Å². The van der Waals surface area contributed by atoms with Crippen LogP contribution in [0, 0.1) is 0 Å². The number of hydrogen-bond acceptors (Lipinski definition) is 2. The van der Waals surface area contributed by atoms with Crippen LogP contribution in [0.1, 0.15) is 10.4 Å². The number of rotatable bonds is 4. The van der Waals surface area contributed by atoms with Crippen LogP contribution in [0.2, 0.25) is 10.0 Å². The van der Waals surface area contributed by atoms with Crippen LogP contribution in [-0.4, -0.2) is 16.1 Å². The molecule has 0 unspecified atom stereocenters. The maximum atomic E-state index is 11.4. The quantitative estimate of drug-likeness (QED) is 0.364. The van der Waals surface area contributed by atoms with E-state index in [1.807, 2.05) is 42.6 Å². The smallest absolute Gasteiger partial charge is 0.337 e. The number of hydrogen-bond donors (Lipinski definition) is 3. The molecule has 4 rings (SSSR count). The van der Waals surface area contributed by atoms with Crippen LogP contribution in [0.3, 0.4) is 0 Å². The third kappa shape index (κ3) is 3.25. The van der Waals surface area contributed by atoms with Gasteiger partial charge in [0.1, 0.15) is 0 Å². The number of aromatic amines is 1. The number of anilines is 2. The lowest BCUT2D eigenvalue weighted by Crippen LogP contribution is -2.03. The molecule has 0 aliphatic rings. The van der Waals surface area contributed by atoms with Gasteiger partial charge in [-0.25, -0.2) is 4.79 Å². The van der Waals surface area contributed by atoms with Crippen molar-refractivity contribution in [1.82, 2.24) is 4.98 Å². The Morgan fingerprint density at radius 3 is 2.44 bits per heavy atom. The van der Waals surface area contributed by atoms with Gasteiger partial charge in [-0.15, -0.1) is 0 Å². The van der Waals surface area contributed by atoms with E-state index >= 15 is 0 Å². The lowest BCUT2D eigenvalue weighted by Gasteiger charge is -2.14. The van der Waals surface area contributed by atoms with E-state index in [1.54, 1.807) is 18.2 Å². The Morgan fingerprint density at radius 1 is 0.963 bits per heavy atom. The standard InChI is InChI=1S/C21H14Cl2N2O2/c22-16-10-12(13-5-3-7-18-14(13)8-9-24-18)11-17(23)20(16)25-19-6-2-1-4-15(19)21(26)27/h1-11,24-25H,(H,26,27). The van der Waals surface area contributed by atoms with Crippen molar-refractivity contribution in [3.63, 3.8) is 0 Å². The molecule has 134 valence electrons. The Hall–Kier alpha value is -2.95. The molecule has 0 saturated heterocycles. The monoisotopic (exact) mass is 396 g/mol. The fourth-order valence-electron chi connectivity index (χ4n) is 3.10. The summed E-state index contributed by atoms with van der Waals surface area (Å²) in [6, 6.07) is 18.2. The molecule has 0 aliphatic carbocycles. The Balaban J connectivity index is 1.78. The number of benzene rings is 3. The number of carbonyl (C=O) groups is 1. The normalized spacial score (nSPS) is 10.9. The lowest BCUT2D eigenvalue weighted by atomic mass is 10.0. The molecule has 3 aromatic carbocycles. The van der Waals surface area contributed by atoms with Crippen LogP contribution in [0.15, 0.2) is 66.9 Å². The highest BCUT2D eigenvalue weighted by Gasteiger charge is 2.15. The first-order chi connectivity index (χ1) is 13.0. The molecule has 4 nitrogen and oxygen atoms in total. The zero-order chi connectivity index (χ0) is 19.0. The van der Waals surface area contributed by atoms with E-state index in [0.29, 0.717) is 21.4 Å². The summed E-state index contributed by atoms with van der Waals surface area (Å²) in [7, 11) is 0. The number of para-hydroxylation sites is 1. The second-order valence-corrected chi connectivity index (χ2v) is 6.85. The number of aromatic carboxylic acids is 1. The maximum absolute atomic E-state index is 11.4. The van der Waals surface area contributed by atoms with Crippen molar-refractivity contribution in [2.45, 2.75) is 0 Å². The maximum Gasteiger partial charge on any atom is 0.337 e. The van der Waals surface area contributed by atoms with Crippen molar-refractivity contribution >= 4 is 51.4 Å². The third-order valence-corrected chi connectivity index (χ3v) is 4.96. The van der Waals surface area contributed by atoms with Crippen molar-refractivity contribution in [2.75, 3.05) is 5.32 Å². The van der Waals surface area contributed by atoms with Crippen molar-refractivity contribution in [3.8, 4) is 11.1 Å². The number of carboxylic acid groups (broad SMARTS) is 1. The first kappa shape index (κ1) is 17.5. The topological polar surface area (TPSA) is 65.1 Å². The van der Waals surface area contributed by atoms with E-state index in [9.17, 15) is 9.90 Å². The number of halogens is 2. The van der Waals surface area contributed by atoms with Crippen LogP contribution >= 0.6 is 23.2 Å². The van der Waals surface area contributed by atoms with Crippen molar-refractivity contribution in [3.05, 3.63) is 82.5 Å². The molecule has 0 spiro atoms. The van der Waals surface area contributed by atoms with E-state index < -0.39 is 5.97 Å². The van der Waals surface area contributed by atoms with Gasteiger partial charge in [-0.1, -0.05) is 47.5 Å². The van der Waals surface area contributed by atoms with Gasteiger partial charge in [0.25, 0.3) is 0 Å². The predicted octanol–water partition coefficient (Wildman–Crippen LogP) is 6.58. The highest BCUT2D eigenvalue weighted by Crippen LogP contribution is 2.39. The molecule has 0 atom stereocenters. The molecule has 6 heteroatoms. The Morgan fingerprint density at radius 2 is 1.70 bits per heavy atom. The van der Waals surface area contributed by atoms with Gasteiger partial charge in [0.2, 0.25) is 0 Å². The van der Waals surface area contributed by atoms with Crippen molar-refractivity contribution < 1.29 is 9.90 Å². The minimum atomic E-state index is -1.03. The van der Waals surface area contributed by atoms with Gasteiger partial charge in [-0.05, 0) is 47.5 Å². The molecular weight excluding hydrogens is 383 g/mol. The van der Waals surface area contributed by atoms with Crippen molar-refractivity contribution in [2.24, 2.45) is 0 Å². The number of fused-ring (bicyclic) bond motifs is 1. The summed E-state index contributed by atoms with van der Waals surface area (Å²) in [4.78, 5) is 14.6. The SMILES string of the molecule is O=C(O)c1ccccc1Nc1c(Cl)cc(-c2cccc3[nH]ccc23)cc1Cl. The lowest BCUT2D eigenvalue weighted by molar-refractivity contribution is 0.0698. The molecular formula is C21H14Cl2N2O2. The minimum Gasteiger partial charge on any atom is -0.478 e. The second kappa shape index (κ2) is 6.99. The summed E-state index contributed by atoms with van der Waals surface area (Å²) in [5, 5.41) is 14.3. The molecule has 4 aromatic rings. The van der Waals surface area contributed by atoms with Crippen molar-refractivity contribution in [1.29, 1.82) is 0 Å². The van der Waals surface area contributed by atoms with Gasteiger partial charge in [0, 0.05) is 17.1 Å². The Bertz CT molecular complexity index is 1140. The highest BCUT2D eigenvalue weighted by atomic mass is 35.5. The van der Waals surface area contributed by atoms with Gasteiger partial charge in [-0.3, -0.25) is 0 Å². The van der Waals surface area contributed by atoms with Crippen LogP contribution < -0.4 is 5.32 Å². The van der Waals surface area contributed by atoms with Gasteiger partial charge >= 0.3 is 5.97 Å². The average Bonchev–Trinajstić information content (AvgIpc) is 3.13. The number of carboxylic acids is 1. The van der Waals surface area contributed by atoms with Gasteiger partial charge in [0.15, 0.2) is 0 Å². The second-order valence-electron chi connectivity index (χ2n) is 6.04. The molecule has 0 bridgehead atoms. The fourth-order valence-corrected chi connectivity index (χ4v) is 3.68. The summed E-state index contributed by atoms with van der Waals surface area (Å²) in [6.07, 6.45) is 1.89. The highest BCUT2D eigenvalue weighted by molar-refractivity contribution is 6.40. The van der Waals surface area contributed by atoms with E-state index in [2.05, 4.69) is 10.3 Å². The molecule has 0 fully saturated rings. The predicted molar refractivity (Wildman–Crippen MR) is 110 cm³/mol. The van der Waals surface area contributed by atoms with Crippen LogP contribution in [0.25, 0.3) is 22.0 Å². The molecule has 1 aromatic heterocycles. The van der Waals surface area contributed by atoms with Gasteiger partial charge < -0.3 is 15.4 Å². The zero-order valence-corrected chi connectivity index (χ0v) is 15.5. The summed E-state index contributed by atoms with van der Waals surface area (Å²) in [6.45, 7) is 0. The van der Waals surface area contributed by atoms with Crippen LogP contribution in [-0.2, 0) is 0 Å². The molecule has 3 N–H and O–H groups in total. The molecule has 0 aliphatic heterocycles. The summed E-state index contributed by atoms with van der Waals surface area (Å²) >= 11 is 13.0. The fraction of sp³-hybridized carbons (Fsp3) is 0. The molecule has 0 radical (unpaired) electrons. The molecule has 0 amide bonds. The molecule has 27 heavy (non-hydrogen) atoms. The number of aromatic nitrogens is 1. The third-order valence-electron chi connectivity index (χ3n) is 4.37. The van der Waals surface area contributed by atoms with Gasteiger partial charge in [-0.2, -0.15) is 0 Å². The van der Waals surface area contributed by atoms with E-state index in [-0.39, 0.29) is 5.56 Å².